The van der Waals surface area contributed by atoms with Gasteiger partial charge in [-0.2, -0.15) is 0 Å². The van der Waals surface area contributed by atoms with Crippen molar-refractivity contribution < 1.29 is 14.3 Å². The molecule has 1 fully saturated rings. The van der Waals surface area contributed by atoms with Crippen LogP contribution >= 0.6 is 11.3 Å². The van der Waals surface area contributed by atoms with Crippen LogP contribution in [-0.2, 0) is 16.1 Å². The fourth-order valence-corrected chi connectivity index (χ4v) is 2.38. The maximum Gasteiger partial charge on any atom is 0.410 e. The van der Waals surface area contributed by atoms with Crippen molar-refractivity contribution in [1.29, 1.82) is 0 Å². The molecule has 1 aliphatic rings. The molecule has 1 aromatic heterocycles. The van der Waals surface area contributed by atoms with Crippen molar-refractivity contribution >= 4 is 17.4 Å². The molecule has 1 atom stereocenters. The Balaban J connectivity index is 1.75. The summed E-state index contributed by atoms with van der Waals surface area (Å²) >= 11 is 1.58. The highest BCUT2D eigenvalue weighted by Crippen LogP contribution is 2.18. The van der Waals surface area contributed by atoms with Crippen molar-refractivity contribution in [3.63, 3.8) is 0 Å². The van der Waals surface area contributed by atoms with E-state index in [1.165, 1.54) is 0 Å². The van der Waals surface area contributed by atoms with Crippen molar-refractivity contribution in [3.8, 4) is 0 Å². The number of ether oxygens (including phenoxy) is 2. The van der Waals surface area contributed by atoms with Crippen LogP contribution in [0.25, 0.3) is 0 Å². The van der Waals surface area contributed by atoms with Crippen LogP contribution in [0.15, 0.2) is 11.7 Å². The summed E-state index contributed by atoms with van der Waals surface area (Å²) in [5, 5.41) is 0. The monoisotopic (exact) mass is 284 g/mol. The summed E-state index contributed by atoms with van der Waals surface area (Å²) in [7, 11) is 0. The number of likely N-dealkylation sites (tertiary alicyclic amines) is 1. The molecule has 19 heavy (non-hydrogen) atoms. The lowest BCUT2D eigenvalue weighted by Gasteiger charge is -2.24. The zero-order chi connectivity index (χ0) is 13.9. The Labute approximate surface area is 117 Å². The van der Waals surface area contributed by atoms with E-state index in [1.54, 1.807) is 21.7 Å². The van der Waals surface area contributed by atoms with Gasteiger partial charge in [-0.1, -0.05) is 0 Å². The Morgan fingerprint density at radius 1 is 1.58 bits per heavy atom. The first-order valence-corrected chi connectivity index (χ1v) is 7.29. The molecule has 5 nitrogen and oxygen atoms in total. The van der Waals surface area contributed by atoms with Crippen LogP contribution in [0, 0.1) is 0 Å². The molecule has 0 N–H and O–H groups in total. The molecule has 0 bridgehead atoms. The van der Waals surface area contributed by atoms with Crippen LogP contribution in [0.5, 0.6) is 0 Å². The molecule has 2 heterocycles. The van der Waals surface area contributed by atoms with Crippen LogP contribution in [0.4, 0.5) is 4.79 Å². The first-order chi connectivity index (χ1) is 8.94. The predicted octanol–water partition coefficient (Wildman–Crippen LogP) is 2.67. The number of amides is 1. The third-order valence-corrected chi connectivity index (χ3v) is 3.49. The van der Waals surface area contributed by atoms with Crippen LogP contribution in [0.2, 0.25) is 0 Å². The van der Waals surface area contributed by atoms with E-state index >= 15 is 0 Å². The lowest BCUT2D eigenvalue weighted by atomic mass is 10.2. The minimum atomic E-state index is -0.446. The molecule has 6 heteroatoms. The van der Waals surface area contributed by atoms with E-state index in [4.69, 9.17) is 9.47 Å². The third-order valence-electron chi connectivity index (χ3n) is 2.74. The van der Waals surface area contributed by atoms with Gasteiger partial charge < -0.3 is 14.4 Å². The highest BCUT2D eigenvalue weighted by molar-refractivity contribution is 7.09. The molecule has 1 amide bonds. The number of nitrogens with zero attached hydrogens (tertiary/aromatic N) is 2. The quantitative estimate of drug-likeness (QED) is 0.856. The van der Waals surface area contributed by atoms with Gasteiger partial charge >= 0.3 is 6.09 Å². The van der Waals surface area contributed by atoms with E-state index in [9.17, 15) is 4.79 Å². The average molecular weight is 284 g/mol. The number of carbonyl (C=O) groups is 1. The highest BCUT2D eigenvalue weighted by Gasteiger charge is 2.30. The molecule has 0 radical (unpaired) electrons. The summed E-state index contributed by atoms with van der Waals surface area (Å²) < 4.78 is 11.1. The van der Waals surface area contributed by atoms with Crippen molar-refractivity contribution in [3.05, 3.63) is 16.6 Å². The standard InChI is InChI=1S/C13H20N2O3S/c1-13(2,3)18-12(16)15-5-4-10(7-15)17-8-11-6-14-9-19-11/h6,9-10H,4-5,7-8H2,1-3H3/t10-/m0/s1. The highest BCUT2D eigenvalue weighted by atomic mass is 32.1. The largest absolute Gasteiger partial charge is 0.444 e. The van der Waals surface area contributed by atoms with Crippen molar-refractivity contribution in [2.24, 2.45) is 0 Å². The summed E-state index contributed by atoms with van der Waals surface area (Å²) in [4.78, 5) is 18.7. The minimum Gasteiger partial charge on any atom is -0.444 e. The van der Waals surface area contributed by atoms with E-state index in [2.05, 4.69) is 4.98 Å². The summed E-state index contributed by atoms with van der Waals surface area (Å²) in [5.41, 5.74) is 1.35. The number of rotatable bonds is 3. The second-order valence-electron chi connectivity index (χ2n) is 5.62. The van der Waals surface area contributed by atoms with Gasteiger partial charge in [-0.3, -0.25) is 4.98 Å². The van der Waals surface area contributed by atoms with Crippen LogP contribution in [0.3, 0.4) is 0 Å². The average Bonchev–Trinajstić information content (AvgIpc) is 2.96. The molecule has 1 aromatic rings. The third kappa shape index (κ3) is 4.47. The Morgan fingerprint density at radius 3 is 3.00 bits per heavy atom. The molecule has 1 saturated heterocycles. The van der Waals surface area contributed by atoms with Crippen molar-refractivity contribution in [2.75, 3.05) is 13.1 Å². The van der Waals surface area contributed by atoms with Gasteiger partial charge in [0.2, 0.25) is 0 Å². The summed E-state index contributed by atoms with van der Waals surface area (Å²) in [5.74, 6) is 0. The molecule has 0 spiro atoms. The number of hydrogen-bond acceptors (Lipinski definition) is 5. The van der Waals surface area contributed by atoms with E-state index in [0.717, 1.165) is 11.3 Å². The van der Waals surface area contributed by atoms with Gasteiger partial charge in [0.15, 0.2) is 0 Å². The van der Waals surface area contributed by atoms with Crippen LogP contribution in [0.1, 0.15) is 32.1 Å². The molecule has 0 unspecified atom stereocenters. The Hall–Kier alpha value is -1.14. The summed E-state index contributed by atoms with van der Waals surface area (Å²) in [6, 6.07) is 0. The predicted molar refractivity (Wildman–Crippen MR) is 73.1 cm³/mol. The molecule has 106 valence electrons. The fraction of sp³-hybridized carbons (Fsp3) is 0.692. The second-order valence-corrected chi connectivity index (χ2v) is 6.59. The SMILES string of the molecule is CC(C)(C)OC(=O)N1CC[C@H](OCc2cncs2)C1. The summed E-state index contributed by atoms with van der Waals surface area (Å²) in [6.45, 7) is 7.49. The Bertz CT molecular complexity index is 414. The molecular weight excluding hydrogens is 264 g/mol. The number of carbonyl (C=O) groups excluding carboxylic acids is 1. The normalized spacial score (nSPS) is 19.7. The molecule has 0 aliphatic carbocycles. The van der Waals surface area contributed by atoms with E-state index in [0.29, 0.717) is 19.7 Å². The zero-order valence-electron chi connectivity index (χ0n) is 11.6. The van der Waals surface area contributed by atoms with Gasteiger partial charge in [-0.15, -0.1) is 11.3 Å². The van der Waals surface area contributed by atoms with Gasteiger partial charge in [0.25, 0.3) is 0 Å². The lowest BCUT2D eigenvalue weighted by molar-refractivity contribution is 0.0187. The molecule has 1 aliphatic heterocycles. The van der Waals surface area contributed by atoms with Crippen molar-refractivity contribution in [1.82, 2.24) is 9.88 Å². The maximum absolute atomic E-state index is 11.9. The Morgan fingerprint density at radius 2 is 2.37 bits per heavy atom. The Kier molecular flexibility index (Phi) is 4.42. The van der Waals surface area contributed by atoms with E-state index in [-0.39, 0.29) is 12.2 Å². The molecule has 0 saturated carbocycles. The number of hydrogen-bond donors (Lipinski definition) is 0. The van der Waals surface area contributed by atoms with E-state index in [1.807, 2.05) is 27.0 Å². The topological polar surface area (TPSA) is 51.7 Å². The van der Waals surface area contributed by atoms with E-state index < -0.39 is 5.60 Å². The number of aromatic nitrogens is 1. The van der Waals surface area contributed by atoms with Gasteiger partial charge in [-0.05, 0) is 27.2 Å². The fourth-order valence-electron chi connectivity index (χ4n) is 1.87. The van der Waals surface area contributed by atoms with Gasteiger partial charge in [0.1, 0.15) is 5.60 Å². The second kappa shape index (κ2) is 5.88. The first kappa shape index (κ1) is 14.3. The lowest BCUT2D eigenvalue weighted by Crippen LogP contribution is -2.36. The van der Waals surface area contributed by atoms with Crippen LogP contribution < -0.4 is 0 Å². The minimum absolute atomic E-state index is 0.0922. The van der Waals surface area contributed by atoms with Gasteiger partial charge in [0, 0.05) is 12.7 Å². The number of thiazole rings is 1. The summed E-state index contributed by atoms with van der Waals surface area (Å²) in [6.07, 6.45) is 2.51. The molecule has 2 rings (SSSR count). The van der Waals surface area contributed by atoms with Gasteiger partial charge in [0.05, 0.1) is 29.6 Å². The first-order valence-electron chi connectivity index (χ1n) is 6.41. The molecular formula is C13H20N2O3S. The molecule has 0 aromatic carbocycles. The van der Waals surface area contributed by atoms with Crippen LogP contribution in [-0.4, -0.2) is 40.8 Å². The maximum atomic E-state index is 11.9. The smallest absolute Gasteiger partial charge is 0.410 e. The van der Waals surface area contributed by atoms with Crippen molar-refractivity contribution in [2.45, 2.75) is 45.5 Å². The van der Waals surface area contributed by atoms with Gasteiger partial charge in [-0.25, -0.2) is 4.79 Å². The zero-order valence-corrected chi connectivity index (χ0v) is 12.4.